The van der Waals surface area contributed by atoms with Gasteiger partial charge in [0.05, 0.1) is 0 Å². The van der Waals surface area contributed by atoms with Crippen LogP contribution < -0.4 is 0 Å². The molecule has 2 nitrogen and oxygen atoms in total. The maximum absolute atomic E-state index is 12.4. The predicted octanol–water partition coefficient (Wildman–Crippen LogP) is 3.04. The van der Waals surface area contributed by atoms with Crippen LogP contribution in [0.1, 0.15) is 35.2 Å². The highest BCUT2D eigenvalue weighted by atomic mass is 16.1. The van der Waals surface area contributed by atoms with Gasteiger partial charge in [0.2, 0.25) is 0 Å². The molecular weight excluding hydrogens is 222 g/mol. The van der Waals surface area contributed by atoms with E-state index in [9.17, 15) is 4.79 Å². The first kappa shape index (κ1) is 11.7. The highest BCUT2D eigenvalue weighted by molar-refractivity contribution is 5.99. The van der Waals surface area contributed by atoms with Gasteiger partial charge in [-0.2, -0.15) is 0 Å². The molecule has 1 saturated carbocycles. The fraction of sp³-hybridized carbons (Fsp3) is 0.438. The van der Waals surface area contributed by atoms with Crippen molar-refractivity contribution in [2.24, 2.45) is 5.92 Å². The largest absolute Gasteiger partial charge is 0.294 e. The SMILES string of the molecule is O=C(c1ccccc1CN1CC=CC1)C1CCC1. The lowest BCUT2D eigenvalue weighted by Gasteiger charge is -2.25. The molecule has 0 radical (unpaired) electrons. The molecule has 0 unspecified atom stereocenters. The minimum Gasteiger partial charge on any atom is -0.294 e. The number of carbonyl (C=O) groups excluding carboxylic acids is 1. The number of hydrogen-bond acceptors (Lipinski definition) is 2. The van der Waals surface area contributed by atoms with Crippen LogP contribution in [0, 0.1) is 5.92 Å². The minimum atomic E-state index is 0.294. The molecule has 3 rings (SSSR count). The lowest BCUT2D eigenvalue weighted by molar-refractivity contribution is 0.0853. The average Bonchev–Trinajstić information content (AvgIpc) is 2.80. The van der Waals surface area contributed by atoms with Crippen molar-refractivity contribution < 1.29 is 4.79 Å². The second-order valence-electron chi connectivity index (χ2n) is 5.31. The summed E-state index contributed by atoms with van der Waals surface area (Å²) < 4.78 is 0. The van der Waals surface area contributed by atoms with E-state index in [1.54, 1.807) is 0 Å². The molecule has 1 fully saturated rings. The standard InChI is InChI=1S/C16H19NO/c18-16(13-7-5-8-13)15-9-2-1-6-14(15)12-17-10-3-4-11-17/h1-4,6,9,13H,5,7-8,10-12H2. The molecule has 0 bridgehead atoms. The lowest BCUT2D eigenvalue weighted by atomic mass is 9.79. The molecule has 1 heterocycles. The summed E-state index contributed by atoms with van der Waals surface area (Å²) in [7, 11) is 0. The summed E-state index contributed by atoms with van der Waals surface area (Å²) in [5, 5.41) is 0. The number of rotatable bonds is 4. The molecule has 0 N–H and O–H groups in total. The van der Waals surface area contributed by atoms with Gasteiger partial charge in [0.1, 0.15) is 0 Å². The number of hydrogen-bond donors (Lipinski definition) is 0. The highest BCUT2D eigenvalue weighted by Gasteiger charge is 2.27. The maximum Gasteiger partial charge on any atom is 0.166 e. The number of nitrogens with zero attached hydrogens (tertiary/aromatic N) is 1. The first-order valence-corrected chi connectivity index (χ1v) is 6.84. The molecule has 2 heteroatoms. The first-order chi connectivity index (χ1) is 8.84. The Balaban J connectivity index is 1.78. The lowest BCUT2D eigenvalue weighted by Crippen LogP contribution is -2.25. The molecule has 2 aliphatic rings. The van der Waals surface area contributed by atoms with Crippen LogP contribution in [0.2, 0.25) is 0 Å². The topological polar surface area (TPSA) is 20.3 Å². The summed E-state index contributed by atoms with van der Waals surface area (Å²) in [6.45, 7) is 2.90. The molecule has 0 atom stereocenters. The van der Waals surface area contributed by atoms with Crippen molar-refractivity contribution in [2.75, 3.05) is 13.1 Å². The third kappa shape index (κ3) is 2.25. The van der Waals surface area contributed by atoms with Crippen molar-refractivity contribution in [1.82, 2.24) is 4.90 Å². The van der Waals surface area contributed by atoms with Crippen LogP contribution in [0.15, 0.2) is 36.4 Å². The molecule has 0 amide bonds. The van der Waals surface area contributed by atoms with E-state index in [2.05, 4.69) is 23.1 Å². The Hall–Kier alpha value is -1.41. The molecule has 0 aromatic heterocycles. The van der Waals surface area contributed by atoms with Gasteiger partial charge in [-0.15, -0.1) is 0 Å². The van der Waals surface area contributed by atoms with Crippen LogP contribution in [0.3, 0.4) is 0 Å². The zero-order chi connectivity index (χ0) is 12.4. The van der Waals surface area contributed by atoms with E-state index in [1.807, 2.05) is 18.2 Å². The predicted molar refractivity (Wildman–Crippen MR) is 72.5 cm³/mol. The second-order valence-corrected chi connectivity index (χ2v) is 5.31. The van der Waals surface area contributed by atoms with E-state index in [1.165, 1.54) is 12.0 Å². The van der Waals surface area contributed by atoms with Crippen molar-refractivity contribution in [2.45, 2.75) is 25.8 Å². The second kappa shape index (κ2) is 5.07. The van der Waals surface area contributed by atoms with Crippen molar-refractivity contribution in [3.05, 3.63) is 47.5 Å². The Kier molecular flexibility index (Phi) is 3.28. The monoisotopic (exact) mass is 241 g/mol. The van der Waals surface area contributed by atoms with Gasteiger partial charge in [-0.05, 0) is 18.4 Å². The molecule has 18 heavy (non-hydrogen) atoms. The molecule has 1 aromatic rings. The number of carbonyl (C=O) groups is 1. The van der Waals surface area contributed by atoms with Crippen LogP contribution in [0.5, 0.6) is 0 Å². The summed E-state index contributed by atoms with van der Waals surface area (Å²) >= 11 is 0. The Bertz CT molecular complexity index is 466. The van der Waals surface area contributed by atoms with Crippen LogP contribution in [0.25, 0.3) is 0 Å². The van der Waals surface area contributed by atoms with E-state index in [0.717, 1.165) is 38.0 Å². The zero-order valence-corrected chi connectivity index (χ0v) is 10.6. The van der Waals surface area contributed by atoms with E-state index in [4.69, 9.17) is 0 Å². The van der Waals surface area contributed by atoms with E-state index >= 15 is 0 Å². The average molecular weight is 241 g/mol. The smallest absolute Gasteiger partial charge is 0.166 e. The summed E-state index contributed by atoms with van der Waals surface area (Å²) in [6.07, 6.45) is 7.76. The zero-order valence-electron chi connectivity index (χ0n) is 10.6. The fourth-order valence-corrected chi connectivity index (χ4v) is 2.68. The maximum atomic E-state index is 12.4. The van der Waals surface area contributed by atoms with Crippen LogP contribution in [-0.2, 0) is 6.54 Å². The van der Waals surface area contributed by atoms with Crippen molar-refractivity contribution in [3.63, 3.8) is 0 Å². The Morgan fingerprint density at radius 1 is 1.17 bits per heavy atom. The van der Waals surface area contributed by atoms with Gasteiger partial charge < -0.3 is 0 Å². The van der Waals surface area contributed by atoms with Gasteiger partial charge >= 0.3 is 0 Å². The normalized spacial score (nSPS) is 20.0. The highest BCUT2D eigenvalue weighted by Crippen LogP contribution is 2.31. The fourth-order valence-electron chi connectivity index (χ4n) is 2.68. The van der Waals surface area contributed by atoms with Crippen LogP contribution in [-0.4, -0.2) is 23.8 Å². The molecule has 1 aliphatic heterocycles. The van der Waals surface area contributed by atoms with Crippen LogP contribution >= 0.6 is 0 Å². The van der Waals surface area contributed by atoms with Gasteiger partial charge in [0.25, 0.3) is 0 Å². The number of ketones is 1. The van der Waals surface area contributed by atoms with Gasteiger partial charge in [0, 0.05) is 31.1 Å². The summed E-state index contributed by atoms with van der Waals surface area (Å²) in [6, 6.07) is 8.12. The Labute approximate surface area is 108 Å². The molecule has 1 aromatic carbocycles. The third-order valence-electron chi connectivity index (χ3n) is 4.05. The van der Waals surface area contributed by atoms with Crippen molar-refractivity contribution in [1.29, 1.82) is 0 Å². The summed E-state index contributed by atoms with van der Waals surface area (Å²) in [5.74, 6) is 0.659. The molecule has 0 spiro atoms. The molecule has 94 valence electrons. The first-order valence-electron chi connectivity index (χ1n) is 6.84. The van der Waals surface area contributed by atoms with E-state index in [-0.39, 0.29) is 0 Å². The quantitative estimate of drug-likeness (QED) is 0.596. The molecule has 1 aliphatic carbocycles. The Morgan fingerprint density at radius 3 is 2.56 bits per heavy atom. The summed E-state index contributed by atoms with van der Waals surface area (Å²) in [5.41, 5.74) is 2.15. The molecular formula is C16H19NO. The third-order valence-corrected chi connectivity index (χ3v) is 4.05. The van der Waals surface area contributed by atoms with Gasteiger partial charge in [-0.3, -0.25) is 9.69 Å². The minimum absolute atomic E-state index is 0.294. The van der Waals surface area contributed by atoms with Crippen molar-refractivity contribution >= 4 is 5.78 Å². The van der Waals surface area contributed by atoms with Crippen LogP contribution in [0.4, 0.5) is 0 Å². The van der Waals surface area contributed by atoms with Gasteiger partial charge in [-0.25, -0.2) is 0 Å². The Morgan fingerprint density at radius 2 is 1.89 bits per heavy atom. The number of Topliss-reactive ketones (excluding diaryl/α,β-unsaturated/α-hetero) is 1. The van der Waals surface area contributed by atoms with E-state index < -0.39 is 0 Å². The van der Waals surface area contributed by atoms with Crippen molar-refractivity contribution in [3.8, 4) is 0 Å². The molecule has 0 saturated heterocycles. The summed E-state index contributed by atoms with van der Waals surface area (Å²) in [4.78, 5) is 14.7. The van der Waals surface area contributed by atoms with E-state index in [0.29, 0.717) is 11.7 Å². The van der Waals surface area contributed by atoms with Gasteiger partial charge in [-0.1, -0.05) is 42.8 Å². The number of benzene rings is 1. The van der Waals surface area contributed by atoms with Gasteiger partial charge in [0.15, 0.2) is 5.78 Å².